The van der Waals surface area contributed by atoms with Crippen LogP contribution in [0.1, 0.15) is 13.8 Å². The van der Waals surface area contributed by atoms with Gasteiger partial charge in [0.2, 0.25) is 0 Å². The first-order valence-corrected chi connectivity index (χ1v) is 8.14. The number of rotatable bonds is 2. The predicted octanol–water partition coefficient (Wildman–Crippen LogP) is 1.98. The van der Waals surface area contributed by atoms with E-state index in [0.717, 1.165) is 31.0 Å². The van der Waals surface area contributed by atoms with E-state index in [2.05, 4.69) is 24.1 Å². The van der Waals surface area contributed by atoms with Crippen molar-refractivity contribution in [1.82, 2.24) is 0 Å². The van der Waals surface area contributed by atoms with Crippen LogP contribution in [0.4, 0.5) is 11.4 Å². The molecule has 0 spiro atoms. The van der Waals surface area contributed by atoms with Crippen molar-refractivity contribution in [3.63, 3.8) is 0 Å². The molecule has 5 heteroatoms. The fourth-order valence-corrected chi connectivity index (χ4v) is 3.26. The maximum absolute atomic E-state index is 11.8. The normalized spacial score (nSPS) is 19.9. The second-order valence-corrected chi connectivity index (χ2v) is 6.93. The van der Waals surface area contributed by atoms with E-state index in [9.17, 15) is 8.42 Å². The third-order valence-electron chi connectivity index (χ3n) is 3.29. The number of para-hydroxylation sites is 1. The molecule has 1 heterocycles. The average molecular weight is 268 g/mol. The summed E-state index contributed by atoms with van der Waals surface area (Å²) in [5.74, 6) is 0.491. The van der Waals surface area contributed by atoms with Crippen LogP contribution in [0.3, 0.4) is 0 Å². The zero-order valence-electron chi connectivity index (χ0n) is 11.1. The number of anilines is 2. The van der Waals surface area contributed by atoms with Gasteiger partial charge < -0.3 is 10.2 Å². The van der Waals surface area contributed by atoms with Gasteiger partial charge in [0.1, 0.15) is 0 Å². The summed E-state index contributed by atoms with van der Waals surface area (Å²) in [6.07, 6.45) is 1.26. The Hall–Kier alpha value is -1.23. The predicted molar refractivity (Wildman–Crippen MR) is 75.1 cm³/mol. The van der Waals surface area contributed by atoms with Crippen molar-refractivity contribution in [3.8, 4) is 0 Å². The van der Waals surface area contributed by atoms with Gasteiger partial charge in [-0.1, -0.05) is 13.0 Å². The average Bonchev–Trinajstić information content (AvgIpc) is 2.47. The molecule has 0 saturated carbocycles. The smallest absolute Gasteiger partial charge is 0.177 e. The Bertz CT molecular complexity index is 540. The lowest BCUT2D eigenvalue weighted by atomic mass is 10.2. The van der Waals surface area contributed by atoms with E-state index < -0.39 is 9.84 Å². The first-order chi connectivity index (χ1) is 8.43. The Morgan fingerprint density at radius 2 is 2.17 bits per heavy atom. The Balaban J connectivity index is 2.59. The van der Waals surface area contributed by atoms with Gasteiger partial charge in [-0.25, -0.2) is 8.42 Å². The zero-order valence-corrected chi connectivity index (χ0v) is 11.9. The number of hydrogen-bond acceptors (Lipinski definition) is 4. The van der Waals surface area contributed by atoms with Crippen molar-refractivity contribution >= 4 is 21.2 Å². The van der Waals surface area contributed by atoms with Crippen molar-refractivity contribution in [3.05, 3.63) is 18.2 Å². The minimum atomic E-state index is -3.20. The fourth-order valence-electron chi connectivity index (χ4n) is 2.38. The summed E-state index contributed by atoms with van der Waals surface area (Å²) < 4.78 is 23.7. The molecule has 0 radical (unpaired) electrons. The summed E-state index contributed by atoms with van der Waals surface area (Å²) in [5, 5.41) is 3.29. The van der Waals surface area contributed by atoms with Gasteiger partial charge >= 0.3 is 0 Å². The van der Waals surface area contributed by atoms with E-state index in [1.807, 2.05) is 12.1 Å². The van der Waals surface area contributed by atoms with Crippen molar-refractivity contribution in [1.29, 1.82) is 0 Å². The van der Waals surface area contributed by atoms with Crippen LogP contribution >= 0.6 is 0 Å². The van der Waals surface area contributed by atoms with Gasteiger partial charge in [-0.3, -0.25) is 0 Å². The standard InChI is InChI=1S/C13H20N2O2S/c1-4-15-9-10(2)8-14-13-11(15)6-5-7-12(13)18(3,16)17/h5-7,10,14H,4,8-9H2,1-3H3. The van der Waals surface area contributed by atoms with E-state index in [4.69, 9.17) is 0 Å². The molecule has 18 heavy (non-hydrogen) atoms. The summed E-state index contributed by atoms with van der Waals surface area (Å²) in [5.41, 5.74) is 1.75. The molecule has 0 fully saturated rings. The van der Waals surface area contributed by atoms with Crippen LogP contribution in [0.5, 0.6) is 0 Å². The molecule has 0 saturated heterocycles. The quantitative estimate of drug-likeness (QED) is 0.891. The second kappa shape index (κ2) is 4.80. The third kappa shape index (κ3) is 2.46. The highest BCUT2D eigenvalue weighted by atomic mass is 32.2. The van der Waals surface area contributed by atoms with Crippen LogP contribution in [-0.2, 0) is 9.84 Å². The maximum atomic E-state index is 11.8. The molecule has 1 aromatic carbocycles. The van der Waals surface area contributed by atoms with E-state index in [-0.39, 0.29) is 0 Å². The molecule has 1 atom stereocenters. The maximum Gasteiger partial charge on any atom is 0.177 e. The first kappa shape index (κ1) is 13.2. The SMILES string of the molecule is CCN1CC(C)CNc2c1cccc2S(C)(=O)=O. The molecular weight excluding hydrogens is 248 g/mol. The Labute approximate surface area is 109 Å². The third-order valence-corrected chi connectivity index (χ3v) is 4.42. The molecule has 4 nitrogen and oxygen atoms in total. The monoisotopic (exact) mass is 268 g/mol. The molecule has 0 amide bonds. The van der Waals surface area contributed by atoms with Crippen molar-refractivity contribution in [2.24, 2.45) is 5.92 Å². The lowest BCUT2D eigenvalue weighted by Crippen LogP contribution is -2.28. The molecule has 0 aromatic heterocycles. The molecule has 1 N–H and O–H groups in total. The van der Waals surface area contributed by atoms with Gasteiger partial charge in [0.05, 0.1) is 16.3 Å². The summed E-state index contributed by atoms with van der Waals surface area (Å²) in [6.45, 7) is 6.89. The van der Waals surface area contributed by atoms with Crippen LogP contribution in [0.15, 0.2) is 23.1 Å². The van der Waals surface area contributed by atoms with Crippen LogP contribution in [0.25, 0.3) is 0 Å². The zero-order chi connectivity index (χ0) is 13.3. The largest absolute Gasteiger partial charge is 0.382 e. The second-order valence-electron chi connectivity index (χ2n) is 4.95. The number of sulfone groups is 1. The summed E-state index contributed by atoms with van der Waals surface area (Å²) in [6, 6.07) is 5.47. The molecule has 1 aromatic rings. The molecule has 0 bridgehead atoms. The first-order valence-electron chi connectivity index (χ1n) is 6.25. The van der Waals surface area contributed by atoms with Crippen LogP contribution in [-0.4, -0.2) is 34.3 Å². The number of fused-ring (bicyclic) bond motifs is 1. The number of nitrogens with zero attached hydrogens (tertiary/aromatic N) is 1. The van der Waals surface area contributed by atoms with Crippen LogP contribution < -0.4 is 10.2 Å². The minimum Gasteiger partial charge on any atom is -0.382 e. The lowest BCUT2D eigenvalue weighted by molar-refractivity contribution is 0.600. The number of benzene rings is 1. The van der Waals surface area contributed by atoms with Gasteiger partial charge in [0.15, 0.2) is 9.84 Å². The van der Waals surface area contributed by atoms with Crippen molar-refractivity contribution in [2.45, 2.75) is 18.7 Å². The lowest BCUT2D eigenvalue weighted by Gasteiger charge is -2.24. The van der Waals surface area contributed by atoms with Crippen LogP contribution in [0, 0.1) is 5.92 Å². The van der Waals surface area contributed by atoms with E-state index >= 15 is 0 Å². The Morgan fingerprint density at radius 1 is 1.44 bits per heavy atom. The van der Waals surface area contributed by atoms with Gasteiger partial charge in [-0.15, -0.1) is 0 Å². The molecule has 1 aliphatic rings. The topological polar surface area (TPSA) is 49.4 Å². The molecule has 2 rings (SSSR count). The Kier molecular flexibility index (Phi) is 3.52. The van der Waals surface area contributed by atoms with E-state index in [1.54, 1.807) is 6.07 Å². The van der Waals surface area contributed by atoms with Crippen molar-refractivity contribution in [2.75, 3.05) is 36.1 Å². The minimum absolute atomic E-state index is 0.396. The van der Waals surface area contributed by atoms with Gasteiger partial charge in [-0.2, -0.15) is 0 Å². The molecule has 1 unspecified atom stereocenters. The molecule has 0 aliphatic carbocycles. The molecular formula is C13H20N2O2S. The summed E-state index contributed by atoms with van der Waals surface area (Å²) >= 11 is 0. The van der Waals surface area contributed by atoms with Gasteiger partial charge in [-0.05, 0) is 25.0 Å². The fraction of sp³-hybridized carbons (Fsp3) is 0.538. The highest BCUT2D eigenvalue weighted by molar-refractivity contribution is 7.90. The van der Waals surface area contributed by atoms with E-state index in [0.29, 0.717) is 10.8 Å². The molecule has 100 valence electrons. The van der Waals surface area contributed by atoms with Crippen molar-refractivity contribution < 1.29 is 8.42 Å². The summed E-state index contributed by atoms with van der Waals surface area (Å²) in [4.78, 5) is 2.63. The van der Waals surface area contributed by atoms with E-state index in [1.165, 1.54) is 6.26 Å². The Morgan fingerprint density at radius 3 is 2.78 bits per heavy atom. The highest BCUT2D eigenvalue weighted by Crippen LogP contribution is 2.34. The highest BCUT2D eigenvalue weighted by Gasteiger charge is 2.23. The van der Waals surface area contributed by atoms with Gasteiger partial charge in [0.25, 0.3) is 0 Å². The van der Waals surface area contributed by atoms with Crippen LogP contribution in [0.2, 0.25) is 0 Å². The number of hydrogen-bond donors (Lipinski definition) is 1. The summed E-state index contributed by atoms with van der Waals surface area (Å²) in [7, 11) is -3.20. The number of nitrogens with one attached hydrogen (secondary N) is 1. The molecule has 1 aliphatic heterocycles. The van der Waals surface area contributed by atoms with Gasteiger partial charge in [0, 0.05) is 25.9 Å².